The summed E-state index contributed by atoms with van der Waals surface area (Å²) in [7, 11) is 6.69. The number of carbonyl (C=O) groups is 3. The standard InChI is InChI=1S/C31H37N5O5/c1-33(2)28(37)20-34-15-17-35(18-16-34)30(38)21-9-12-23(13-10-21)36-31(39)25-8-6-5-7-24(25)29(32-36)22-11-14-26(40-3)27(19-22)41-4/h5-6,9-14,19,24-25H,7-8,15-18,20H2,1-4H3/t24-,25+/m0/s1. The van der Waals surface area contributed by atoms with E-state index in [0.29, 0.717) is 61.9 Å². The first-order chi connectivity index (χ1) is 19.8. The van der Waals surface area contributed by atoms with Gasteiger partial charge in [0.05, 0.1) is 38.1 Å². The van der Waals surface area contributed by atoms with Crippen molar-refractivity contribution in [1.29, 1.82) is 0 Å². The molecule has 0 spiro atoms. The minimum Gasteiger partial charge on any atom is -0.493 e. The van der Waals surface area contributed by atoms with Gasteiger partial charge < -0.3 is 19.3 Å². The van der Waals surface area contributed by atoms with E-state index in [1.54, 1.807) is 57.5 Å². The van der Waals surface area contributed by atoms with Crippen LogP contribution in [0.15, 0.2) is 59.7 Å². The van der Waals surface area contributed by atoms with Gasteiger partial charge in [0.25, 0.3) is 11.8 Å². The molecule has 2 aromatic carbocycles. The molecule has 216 valence electrons. The predicted molar refractivity (Wildman–Crippen MR) is 156 cm³/mol. The average Bonchev–Trinajstić information content (AvgIpc) is 3.01. The maximum Gasteiger partial charge on any atom is 0.253 e. The molecular weight excluding hydrogens is 522 g/mol. The molecule has 41 heavy (non-hydrogen) atoms. The van der Waals surface area contributed by atoms with Crippen LogP contribution < -0.4 is 14.5 Å². The van der Waals surface area contributed by atoms with Crippen LogP contribution in [-0.4, -0.2) is 99.2 Å². The number of allylic oxidation sites excluding steroid dienone is 2. The Morgan fingerprint density at radius 3 is 2.20 bits per heavy atom. The van der Waals surface area contributed by atoms with Crippen molar-refractivity contribution in [3.05, 3.63) is 65.7 Å². The number of hydrogen-bond acceptors (Lipinski definition) is 7. The lowest BCUT2D eigenvalue weighted by molar-refractivity contribution is -0.130. The van der Waals surface area contributed by atoms with Crippen LogP contribution in [0, 0.1) is 11.8 Å². The summed E-state index contributed by atoms with van der Waals surface area (Å²) in [6.45, 7) is 2.77. The molecule has 10 nitrogen and oxygen atoms in total. The number of anilines is 1. The number of methoxy groups -OCH3 is 2. The van der Waals surface area contributed by atoms with E-state index in [1.807, 2.05) is 23.1 Å². The number of benzene rings is 2. The van der Waals surface area contributed by atoms with E-state index >= 15 is 0 Å². The van der Waals surface area contributed by atoms with Gasteiger partial charge in [0.1, 0.15) is 0 Å². The summed E-state index contributed by atoms with van der Waals surface area (Å²) in [5.41, 5.74) is 2.87. The normalized spacial score (nSPS) is 20.8. The second-order valence-corrected chi connectivity index (χ2v) is 10.8. The lowest BCUT2D eigenvalue weighted by Gasteiger charge is -2.37. The monoisotopic (exact) mass is 559 g/mol. The highest BCUT2D eigenvalue weighted by atomic mass is 16.5. The van der Waals surface area contributed by atoms with Crippen molar-refractivity contribution in [2.45, 2.75) is 12.8 Å². The third kappa shape index (κ3) is 5.83. The van der Waals surface area contributed by atoms with Crippen molar-refractivity contribution in [2.24, 2.45) is 16.9 Å². The first kappa shape index (κ1) is 28.4. The van der Waals surface area contributed by atoms with Gasteiger partial charge >= 0.3 is 0 Å². The second-order valence-electron chi connectivity index (χ2n) is 10.8. The van der Waals surface area contributed by atoms with Crippen molar-refractivity contribution in [3.63, 3.8) is 0 Å². The second kappa shape index (κ2) is 12.1. The van der Waals surface area contributed by atoms with E-state index < -0.39 is 0 Å². The maximum atomic E-state index is 13.6. The number of piperazine rings is 1. The van der Waals surface area contributed by atoms with E-state index in [2.05, 4.69) is 17.1 Å². The van der Waals surface area contributed by atoms with Crippen molar-refractivity contribution in [1.82, 2.24) is 14.7 Å². The van der Waals surface area contributed by atoms with Crippen molar-refractivity contribution in [2.75, 3.05) is 66.0 Å². The number of hydrazone groups is 1. The van der Waals surface area contributed by atoms with E-state index in [1.165, 1.54) is 5.01 Å². The molecule has 1 aliphatic carbocycles. The quantitative estimate of drug-likeness (QED) is 0.485. The average molecular weight is 560 g/mol. The van der Waals surface area contributed by atoms with Gasteiger partial charge in [-0.2, -0.15) is 5.10 Å². The fourth-order valence-corrected chi connectivity index (χ4v) is 5.60. The third-order valence-corrected chi connectivity index (χ3v) is 8.07. The minimum atomic E-state index is -0.224. The van der Waals surface area contributed by atoms with Crippen LogP contribution in [0.1, 0.15) is 28.8 Å². The smallest absolute Gasteiger partial charge is 0.253 e. The number of nitrogens with zero attached hydrogens (tertiary/aromatic N) is 5. The fraction of sp³-hybridized carbons (Fsp3) is 0.419. The molecule has 1 fully saturated rings. The molecule has 2 atom stereocenters. The minimum absolute atomic E-state index is 0.0330. The van der Waals surface area contributed by atoms with Crippen LogP contribution in [0.3, 0.4) is 0 Å². The Bertz CT molecular complexity index is 1360. The highest BCUT2D eigenvalue weighted by Crippen LogP contribution is 2.38. The SMILES string of the molecule is COc1ccc(C2=NN(c3ccc(C(=O)N4CCN(CC(=O)N(C)C)CC4)cc3)C(=O)[C@@H]3CC=CC[C@H]23)cc1OC. The molecule has 5 rings (SSSR count). The van der Waals surface area contributed by atoms with Gasteiger partial charge in [-0.1, -0.05) is 12.2 Å². The topological polar surface area (TPSA) is 95.0 Å². The van der Waals surface area contributed by atoms with Gasteiger partial charge in [0.2, 0.25) is 5.91 Å². The molecule has 0 aromatic heterocycles. The lowest BCUT2D eigenvalue weighted by Crippen LogP contribution is -2.51. The van der Waals surface area contributed by atoms with Crippen LogP contribution in [0.4, 0.5) is 5.69 Å². The van der Waals surface area contributed by atoms with Gasteiger partial charge in [-0.05, 0) is 55.3 Å². The van der Waals surface area contributed by atoms with E-state index in [-0.39, 0.29) is 29.6 Å². The molecule has 3 amide bonds. The summed E-state index contributed by atoms with van der Waals surface area (Å²) in [6, 6.07) is 12.8. The molecule has 0 unspecified atom stereocenters. The molecule has 1 saturated heterocycles. The Morgan fingerprint density at radius 1 is 0.902 bits per heavy atom. The van der Waals surface area contributed by atoms with Gasteiger partial charge in [0, 0.05) is 57.3 Å². The number of fused-ring (bicyclic) bond motifs is 1. The zero-order valence-electron chi connectivity index (χ0n) is 24.1. The Kier molecular flexibility index (Phi) is 8.39. The summed E-state index contributed by atoms with van der Waals surface area (Å²) in [5, 5.41) is 6.34. The Hall–Kier alpha value is -4.18. The Labute approximate surface area is 240 Å². The van der Waals surface area contributed by atoms with Crippen molar-refractivity contribution >= 4 is 29.1 Å². The largest absolute Gasteiger partial charge is 0.493 e. The lowest BCUT2D eigenvalue weighted by atomic mass is 9.76. The number of rotatable bonds is 7. The Balaban J connectivity index is 1.35. The number of ether oxygens (including phenoxy) is 2. The third-order valence-electron chi connectivity index (χ3n) is 8.07. The maximum absolute atomic E-state index is 13.6. The van der Waals surface area contributed by atoms with E-state index in [0.717, 1.165) is 17.7 Å². The predicted octanol–water partition coefficient (Wildman–Crippen LogP) is 2.88. The summed E-state index contributed by atoms with van der Waals surface area (Å²) in [5.74, 6) is 0.918. The van der Waals surface area contributed by atoms with Gasteiger partial charge in [-0.15, -0.1) is 0 Å². The summed E-state index contributed by atoms with van der Waals surface area (Å²) >= 11 is 0. The fourth-order valence-electron chi connectivity index (χ4n) is 5.60. The van der Waals surface area contributed by atoms with E-state index in [4.69, 9.17) is 14.6 Å². The number of carbonyl (C=O) groups excluding carboxylic acids is 3. The molecule has 3 aliphatic rings. The zero-order valence-corrected chi connectivity index (χ0v) is 24.1. The van der Waals surface area contributed by atoms with Crippen molar-refractivity contribution < 1.29 is 23.9 Å². The number of likely N-dealkylation sites (N-methyl/N-ethyl adjacent to an activating group) is 1. The molecule has 2 aromatic rings. The molecule has 10 heteroatoms. The highest BCUT2D eigenvalue weighted by Gasteiger charge is 2.41. The van der Waals surface area contributed by atoms with Crippen LogP contribution in [0.5, 0.6) is 11.5 Å². The zero-order chi connectivity index (χ0) is 29.1. The molecule has 0 bridgehead atoms. The molecule has 0 N–H and O–H groups in total. The van der Waals surface area contributed by atoms with Crippen LogP contribution >= 0.6 is 0 Å². The Morgan fingerprint density at radius 2 is 1.56 bits per heavy atom. The first-order valence-corrected chi connectivity index (χ1v) is 13.9. The summed E-state index contributed by atoms with van der Waals surface area (Å²) in [4.78, 5) is 44.3. The summed E-state index contributed by atoms with van der Waals surface area (Å²) < 4.78 is 10.9. The molecule has 2 aliphatic heterocycles. The first-order valence-electron chi connectivity index (χ1n) is 13.9. The van der Waals surface area contributed by atoms with Gasteiger partial charge in [0.15, 0.2) is 11.5 Å². The molecule has 2 heterocycles. The molecule has 0 radical (unpaired) electrons. The van der Waals surface area contributed by atoms with Gasteiger partial charge in [-0.3, -0.25) is 19.3 Å². The number of hydrogen-bond donors (Lipinski definition) is 0. The molecule has 0 saturated carbocycles. The molecular formula is C31H37N5O5. The number of amides is 3. The van der Waals surface area contributed by atoms with E-state index in [9.17, 15) is 14.4 Å². The summed E-state index contributed by atoms with van der Waals surface area (Å²) in [6.07, 6.45) is 5.56. The van der Waals surface area contributed by atoms with Crippen molar-refractivity contribution in [3.8, 4) is 11.5 Å². The highest BCUT2D eigenvalue weighted by molar-refractivity contribution is 6.11. The van der Waals surface area contributed by atoms with Crippen LogP contribution in [0.2, 0.25) is 0 Å². The van der Waals surface area contributed by atoms with Crippen LogP contribution in [-0.2, 0) is 9.59 Å². The van der Waals surface area contributed by atoms with Gasteiger partial charge in [-0.25, -0.2) is 5.01 Å². The van der Waals surface area contributed by atoms with Crippen LogP contribution in [0.25, 0.3) is 0 Å².